The number of anilines is 3. The number of carbonyl (C=O) groups excluding carboxylic acids is 3. The van der Waals surface area contributed by atoms with Crippen molar-refractivity contribution >= 4 is 46.3 Å². The molecule has 0 spiro atoms. The molecule has 12 heteroatoms. The predicted octanol–water partition coefficient (Wildman–Crippen LogP) is 2.71. The van der Waals surface area contributed by atoms with Crippen LogP contribution in [0.5, 0.6) is 0 Å². The van der Waals surface area contributed by atoms with Gasteiger partial charge in [0.25, 0.3) is 11.8 Å². The first-order chi connectivity index (χ1) is 18.2. The van der Waals surface area contributed by atoms with Gasteiger partial charge in [0.2, 0.25) is 5.91 Å². The second kappa shape index (κ2) is 11.6. The zero-order valence-corrected chi connectivity index (χ0v) is 21.8. The molecule has 4 rings (SSSR count). The summed E-state index contributed by atoms with van der Waals surface area (Å²) in [6.07, 6.45) is 1.57. The lowest BCUT2D eigenvalue weighted by Crippen LogP contribution is -2.45. The molecule has 5 N–H and O–H groups in total. The van der Waals surface area contributed by atoms with Crippen LogP contribution in [0.2, 0.25) is 0 Å². The van der Waals surface area contributed by atoms with Crippen molar-refractivity contribution in [2.45, 2.75) is 25.0 Å². The molecule has 1 aliphatic heterocycles. The second-order valence-corrected chi connectivity index (χ2v) is 9.84. The first-order valence-corrected chi connectivity index (χ1v) is 12.8. The summed E-state index contributed by atoms with van der Waals surface area (Å²) in [6.45, 7) is 0.877. The predicted molar refractivity (Wildman–Crippen MR) is 144 cm³/mol. The van der Waals surface area contributed by atoms with E-state index in [1.807, 2.05) is 31.1 Å². The highest BCUT2D eigenvalue weighted by Gasteiger charge is 2.36. The number of ether oxygens (including phenoxy) is 1. The number of halogens is 1. The molecular formula is C26H29FN6O4S. The van der Waals surface area contributed by atoms with Gasteiger partial charge in [-0.15, -0.1) is 0 Å². The van der Waals surface area contributed by atoms with E-state index >= 15 is 0 Å². The topological polar surface area (TPSA) is 144 Å². The van der Waals surface area contributed by atoms with Gasteiger partial charge >= 0.3 is 0 Å². The van der Waals surface area contributed by atoms with E-state index in [0.29, 0.717) is 23.7 Å². The van der Waals surface area contributed by atoms with Gasteiger partial charge < -0.3 is 26.4 Å². The first-order valence-electron chi connectivity index (χ1n) is 12.0. The Bertz CT molecular complexity index is 1320. The number of primary amides is 1. The summed E-state index contributed by atoms with van der Waals surface area (Å²) in [5, 5.41) is 2.89. The average Bonchev–Trinajstić information content (AvgIpc) is 3.55. The van der Waals surface area contributed by atoms with Crippen LogP contribution in [0.1, 0.15) is 44.6 Å². The first kappa shape index (κ1) is 27.0. The maximum Gasteiger partial charge on any atom is 0.273 e. The zero-order chi connectivity index (χ0) is 27.4. The summed E-state index contributed by atoms with van der Waals surface area (Å²) in [4.78, 5) is 42.5. The lowest BCUT2D eigenvalue weighted by Gasteiger charge is -2.32. The Morgan fingerprint density at radius 2 is 1.92 bits per heavy atom. The zero-order valence-electron chi connectivity index (χ0n) is 21.0. The molecule has 3 aromatic rings. The highest BCUT2D eigenvalue weighted by Crippen LogP contribution is 2.34. The van der Waals surface area contributed by atoms with Gasteiger partial charge in [-0.25, -0.2) is 4.39 Å². The third kappa shape index (κ3) is 5.76. The Balaban J connectivity index is 1.82. The molecule has 38 heavy (non-hydrogen) atoms. The fourth-order valence-electron chi connectivity index (χ4n) is 4.24. The second-order valence-electron chi connectivity index (χ2n) is 9.06. The minimum atomic E-state index is -1.21. The van der Waals surface area contributed by atoms with Gasteiger partial charge in [0.05, 0.1) is 11.8 Å². The maximum absolute atomic E-state index is 14.4. The molecule has 0 aliphatic carbocycles. The van der Waals surface area contributed by atoms with Crippen molar-refractivity contribution in [1.29, 1.82) is 0 Å². The molecule has 0 bridgehead atoms. The van der Waals surface area contributed by atoms with Gasteiger partial charge in [-0.1, -0.05) is 18.2 Å². The van der Waals surface area contributed by atoms with Crippen LogP contribution in [0.4, 0.5) is 21.5 Å². The van der Waals surface area contributed by atoms with E-state index in [2.05, 4.69) is 9.69 Å². The Morgan fingerprint density at radius 3 is 2.50 bits per heavy atom. The van der Waals surface area contributed by atoms with Crippen LogP contribution in [-0.2, 0) is 9.53 Å². The van der Waals surface area contributed by atoms with Crippen molar-refractivity contribution in [2.75, 3.05) is 42.8 Å². The molecule has 1 aromatic heterocycles. The smallest absolute Gasteiger partial charge is 0.273 e. The van der Waals surface area contributed by atoms with Crippen molar-refractivity contribution in [3.8, 4) is 0 Å². The van der Waals surface area contributed by atoms with E-state index in [-0.39, 0.29) is 34.6 Å². The molecule has 10 nitrogen and oxygen atoms in total. The van der Waals surface area contributed by atoms with Crippen LogP contribution in [0.3, 0.4) is 0 Å². The summed E-state index contributed by atoms with van der Waals surface area (Å²) in [7, 11) is 3.76. The maximum atomic E-state index is 14.4. The summed E-state index contributed by atoms with van der Waals surface area (Å²) in [5.41, 5.74) is 12.5. The highest BCUT2D eigenvalue weighted by atomic mass is 32.1. The minimum Gasteiger partial charge on any atom is -0.395 e. The monoisotopic (exact) mass is 540 g/mol. The van der Waals surface area contributed by atoms with Gasteiger partial charge in [-0.3, -0.25) is 19.3 Å². The van der Waals surface area contributed by atoms with Gasteiger partial charge in [-0.2, -0.15) is 4.37 Å². The number of hydrogen-bond acceptors (Lipinski definition) is 8. The molecule has 200 valence electrons. The number of rotatable bonds is 9. The van der Waals surface area contributed by atoms with Crippen LogP contribution < -0.4 is 26.6 Å². The lowest BCUT2D eigenvalue weighted by atomic mass is 10.0. The van der Waals surface area contributed by atoms with E-state index in [9.17, 15) is 18.8 Å². The number of nitrogens with two attached hydrogens (primary N) is 2. The van der Waals surface area contributed by atoms with Crippen LogP contribution >= 0.6 is 11.5 Å². The Hall–Kier alpha value is -4.03. The summed E-state index contributed by atoms with van der Waals surface area (Å²) in [6, 6.07) is 11.2. The third-order valence-electron chi connectivity index (χ3n) is 6.22. The lowest BCUT2D eigenvalue weighted by molar-refractivity contribution is -0.123. The molecule has 0 unspecified atom stereocenters. The number of aromatic nitrogens is 1. The molecule has 1 saturated heterocycles. The van der Waals surface area contributed by atoms with Crippen molar-refractivity contribution < 1.29 is 23.5 Å². The number of hydrogen-bond donors (Lipinski definition) is 3. The van der Waals surface area contributed by atoms with Crippen molar-refractivity contribution in [1.82, 2.24) is 9.69 Å². The highest BCUT2D eigenvalue weighted by molar-refractivity contribution is 7.09. The number of benzene rings is 2. The molecule has 2 atom stereocenters. The Labute approximate surface area is 223 Å². The summed E-state index contributed by atoms with van der Waals surface area (Å²) < 4.78 is 23.9. The van der Waals surface area contributed by atoms with Crippen molar-refractivity contribution in [3.63, 3.8) is 0 Å². The van der Waals surface area contributed by atoms with E-state index < -0.39 is 29.6 Å². The van der Waals surface area contributed by atoms with Gasteiger partial charge in [0.1, 0.15) is 16.7 Å². The average molecular weight is 541 g/mol. The molecule has 2 heterocycles. The standard InChI is InChI=1S/C26H29FN6O4S/c1-32(2)17-10-8-15(9-11-17)22(25(35)30-14-19-7-4-12-37-19)33(18-6-3-5-16(27)13-18)26(36)23-20(28)21(24(29)34)31-38-23/h3,5-6,8-11,13,19,22H,4,7,12,14,28H2,1-2H3,(H2,29,34)(H,30,35)/t19-,22+/m1/s1. The summed E-state index contributed by atoms with van der Waals surface area (Å²) in [5.74, 6) is -2.71. The number of carbonyl (C=O) groups is 3. The number of nitrogens with zero attached hydrogens (tertiary/aromatic N) is 3. The fourth-order valence-corrected chi connectivity index (χ4v) is 4.98. The van der Waals surface area contributed by atoms with Crippen LogP contribution in [0.15, 0.2) is 48.5 Å². The third-order valence-corrected chi connectivity index (χ3v) is 7.07. The van der Waals surface area contributed by atoms with Crippen LogP contribution in [0, 0.1) is 5.82 Å². The van der Waals surface area contributed by atoms with Gasteiger partial charge in [0, 0.05) is 38.6 Å². The van der Waals surface area contributed by atoms with E-state index in [4.69, 9.17) is 16.2 Å². The van der Waals surface area contributed by atoms with E-state index in [1.165, 1.54) is 18.2 Å². The molecular weight excluding hydrogens is 511 g/mol. The quantitative estimate of drug-likeness (QED) is 0.379. The fraction of sp³-hybridized carbons (Fsp3) is 0.308. The molecule has 2 aromatic carbocycles. The molecule has 1 aliphatic rings. The van der Waals surface area contributed by atoms with E-state index in [1.54, 1.807) is 12.1 Å². The Kier molecular flexibility index (Phi) is 8.23. The van der Waals surface area contributed by atoms with Crippen LogP contribution in [0.25, 0.3) is 0 Å². The van der Waals surface area contributed by atoms with Crippen molar-refractivity contribution in [3.05, 3.63) is 70.5 Å². The van der Waals surface area contributed by atoms with Crippen molar-refractivity contribution in [2.24, 2.45) is 5.73 Å². The molecule has 0 saturated carbocycles. The summed E-state index contributed by atoms with van der Waals surface area (Å²) >= 11 is 0.685. The number of nitrogen functional groups attached to an aromatic ring is 1. The van der Waals surface area contributed by atoms with Crippen LogP contribution in [-0.4, -0.2) is 55.4 Å². The normalized spacial score (nSPS) is 15.6. The number of nitrogens with one attached hydrogen (secondary N) is 1. The van der Waals surface area contributed by atoms with E-state index in [0.717, 1.165) is 29.5 Å². The van der Waals surface area contributed by atoms with Gasteiger partial charge in [0.15, 0.2) is 5.69 Å². The Morgan fingerprint density at radius 1 is 1.18 bits per heavy atom. The SMILES string of the molecule is CN(C)c1ccc([C@@H](C(=O)NC[C@H]2CCCO2)N(C(=O)c2snc(C(N)=O)c2N)c2cccc(F)c2)cc1. The van der Waals surface area contributed by atoms with Gasteiger partial charge in [-0.05, 0) is 60.3 Å². The number of amides is 3. The molecule has 0 radical (unpaired) electrons. The molecule has 1 fully saturated rings. The minimum absolute atomic E-state index is 0.0927. The largest absolute Gasteiger partial charge is 0.395 e. The molecule has 3 amide bonds.